The third-order valence-corrected chi connectivity index (χ3v) is 7.60. The van der Waals surface area contributed by atoms with Gasteiger partial charge in [-0.2, -0.15) is 149 Å². The van der Waals surface area contributed by atoms with Crippen molar-refractivity contribution in [1.29, 1.82) is 0 Å². The highest BCUT2D eigenvalue weighted by Crippen LogP contribution is 2.70. The van der Waals surface area contributed by atoms with E-state index in [2.05, 4.69) is 4.52 Å². The SMILES string of the molecule is N.N.O=P(O)(O)OCCC(F)(F)C(F)(F)C(F)(F)C(F)(F)C(F)(F)C(F)(F)C(F)(F)C(F)(F)C(F)(F)C(F)(F)C(F)(F)C(F)(F)C(F)(F)C(F)(F)C(F)(C(F)(F)F)C(F)(F)F. The highest BCUT2D eigenvalue weighted by atomic mass is 31.2. The van der Waals surface area contributed by atoms with E-state index in [1.54, 1.807) is 0 Å². The van der Waals surface area contributed by atoms with Crippen LogP contribution in [0.3, 0.4) is 0 Å². The van der Waals surface area contributed by atoms with Crippen LogP contribution in [0.25, 0.3) is 0 Å². The first-order chi connectivity index (χ1) is 24.7. The largest absolute Gasteiger partial charge is 0.469 e. The quantitative estimate of drug-likeness (QED) is 0.0797. The van der Waals surface area contributed by atoms with E-state index in [0.29, 0.717) is 0 Å². The molecule has 0 aliphatic carbocycles. The van der Waals surface area contributed by atoms with E-state index in [9.17, 15) is 158 Å². The molecule has 6 nitrogen and oxygen atoms in total. The second-order valence-corrected chi connectivity index (χ2v) is 12.1. The molecule has 8 N–H and O–H groups in total. The fraction of sp³-hybridized carbons (Fsp3) is 1.00. The van der Waals surface area contributed by atoms with Crippen LogP contribution in [0, 0.1) is 0 Å². The molecular weight excluding hydrogens is 1020 g/mol. The Morgan fingerprint density at radius 2 is 0.475 bits per heavy atom. The van der Waals surface area contributed by atoms with Crippen LogP contribution < -0.4 is 12.3 Å². The van der Waals surface area contributed by atoms with Crippen molar-refractivity contribution in [2.45, 2.75) is 107 Å². The molecule has 0 heterocycles. The van der Waals surface area contributed by atoms with Gasteiger partial charge in [0, 0.05) is 6.42 Å². The first kappa shape index (κ1) is 62.9. The summed E-state index contributed by atoms with van der Waals surface area (Å²) in [5.41, 5.74) is -9.50. The molecule has 0 bridgehead atoms. The van der Waals surface area contributed by atoms with Gasteiger partial charge in [-0.3, -0.25) is 4.52 Å². The summed E-state index contributed by atoms with van der Waals surface area (Å²) >= 11 is 0. The molecule has 0 spiro atoms. The van der Waals surface area contributed by atoms with Gasteiger partial charge < -0.3 is 22.1 Å². The Bertz CT molecular complexity index is 1560. The first-order valence-corrected chi connectivity index (χ1v) is 14.1. The summed E-state index contributed by atoms with van der Waals surface area (Å²) in [7, 11) is -6.20. The van der Waals surface area contributed by atoms with Crippen molar-refractivity contribution in [2.24, 2.45) is 0 Å². The van der Waals surface area contributed by atoms with Crippen molar-refractivity contribution in [2.75, 3.05) is 6.61 Å². The molecule has 0 aromatic rings. The Hall–Kier alpha value is -2.42. The van der Waals surface area contributed by atoms with Crippen molar-refractivity contribution in [1.82, 2.24) is 12.3 Å². The second kappa shape index (κ2) is 15.6. The van der Waals surface area contributed by atoms with Gasteiger partial charge in [-0.05, 0) is 0 Å². The van der Waals surface area contributed by atoms with Crippen molar-refractivity contribution in [3.05, 3.63) is 0 Å². The Morgan fingerprint density at radius 1 is 0.311 bits per heavy atom. The van der Waals surface area contributed by atoms with E-state index >= 15 is 0 Å². The Labute approximate surface area is 308 Å². The third kappa shape index (κ3) is 7.95. The zero-order valence-electron chi connectivity index (χ0n) is 26.7. The maximum absolute atomic E-state index is 14.0. The molecule has 0 saturated heterocycles. The van der Waals surface area contributed by atoms with Crippen molar-refractivity contribution >= 4 is 7.82 Å². The van der Waals surface area contributed by atoms with E-state index in [-0.39, 0.29) is 12.3 Å². The smallest absolute Gasteiger partial charge is 0.344 e. The van der Waals surface area contributed by atoms with Gasteiger partial charge in [0.2, 0.25) is 0 Å². The first-order valence-electron chi connectivity index (χ1n) is 12.5. The van der Waals surface area contributed by atoms with Crippen LogP contribution in [0.5, 0.6) is 0 Å². The minimum absolute atomic E-state index is 0. The summed E-state index contributed by atoms with van der Waals surface area (Å²) in [6.07, 6.45) is -21.5. The van der Waals surface area contributed by atoms with Crippen molar-refractivity contribution < 1.29 is 173 Å². The normalized spacial score (nSPS) is 16.6. The molecule has 0 fully saturated rings. The summed E-state index contributed by atoms with van der Waals surface area (Å²) in [5, 5.41) is 0. The van der Waals surface area contributed by atoms with E-state index < -0.39 is 122 Å². The van der Waals surface area contributed by atoms with Crippen LogP contribution in [-0.4, -0.2) is 117 Å². The fourth-order valence-electron chi connectivity index (χ4n) is 3.58. The summed E-state index contributed by atoms with van der Waals surface area (Å²) in [5.74, 6) is -137. The zero-order chi connectivity index (χ0) is 49.1. The molecule has 61 heavy (non-hydrogen) atoms. The minimum Gasteiger partial charge on any atom is -0.344 e. The molecule has 0 aromatic carbocycles. The lowest BCUT2D eigenvalue weighted by Gasteiger charge is -2.47. The van der Waals surface area contributed by atoms with Gasteiger partial charge in [-0.1, -0.05) is 0 Å². The molecule has 0 saturated carbocycles. The average molecular weight is 1030 g/mol. The van der Waals surface area contributed by atoms with Crippen LogP contribution in [0.15, 0.2) is 0 Å². The molecule has 0 amide bonds. The lowest BCUT2D eigenvalue weighted by molar-refractivity contribution is -0.493. The maximum Gasteiger partial charge on any atom is 0.469 e. The minimum atomic E-state index is -10.4. The molecule has 0 aliphatic rings. The molecule has 372 valence electrons. The summed E-state index contributed by atoms with van der Waals surface area (Å²) < 4.78 is 489. The Morgan fingerprint density at radius 3 is 0.639 bits per heavy atom. The number of rotatable bonds is 18. The van der Waals surface area contributed by atoms with E-state index in [4.69, 9.17) is 9.79 Å². The standard InChI is InChI=1S/C19H6F35O4P.2H3N/c20-3(21,1-2-58-59(55,56)57)5(23,24)7(27,28)9(31,32)11(35,36)13(39,40)15(43,44)17(47,48)16(45,46)14(41,42)12(37,38)10(33,34)8(29,30)6(25,26)4(22,18(49,50)51)19(52,53)54;;/h1-2H2,(H2,55,56,57);2*1H3. The molecule has 0 radical (unpaired) electrons. The lowest BCUT2D eigenvalue weighted by Crippen LogP contribution is -2.80. The number of hydrogen-bond donors (Lipinski definition) is 4. The van der Waals surface area contributed by atoms with E-state index in [0.717, 1.165) is 0 Å². The molecular formula is C19H12F35N2O4P. The predicted molar refractivity (Wildman–Crippen MR) is 118 cm³/mol. The highest BCUT2D eigenvalue weighted by Gasteiger charge is 3.02. The van der Waals surface area contributed by atoms with Crippen LogP contribution in [0.1, 0.15) is 6.42 Å². The van der Waals surface area contributed by atoms with Gasteiger partial charge in [0.25, 0.3) is 0 Å². The molecule has 0 aliphatic heterocycles. The fourth-order valence-corrected chi connectivity index (χ4v) is 3.91. The number of hydrogen-bond acceptors (Lipinski definition) is 4. The predicted octanol–water partition coefficient (Wildman–Crippen LogP) is 11.5. The van der Waals surface area contributed by atoms with E-state index in [1.807, 2.05) is 0 Å². The topological polar surface area (TPSA) is 137 Å². The van der Waals surface area contributed by atoms with Crippen LogP contribution in [0.4, 0.5) is 154 Å². The van der Waals surface area contributed by atoms with E-state index in [1.165, 1.54) is 0 Å². The van der Waals surface area contributed by atoms with Crippen molar-refractivity contribution in [3.8, 4) is 0 Å². The van der Waals surface area contributed by atoms with Gasteiger partial charge in [0.15, 0.2) is 0 Å². The van der Waals surface area contributed by atoms with Gasteiger partial charge in [-0.25, -0.2) is 8.96 Å². The van der Waals surface area contributed by atoms with Gasteiger partial charge in [0.1, 0.15) is 0 Å². The summed E-state index contributed by atoms with van der Waals surface area (Å²) in [6, 6.07) is 0. The highest BCUT2D eigenvalue weighted by molar-refractivity contribution is 7.46. The Kier molecular flexibility index (Phi) is 16.1. The summed E-state index contributed by atoms with van der Waals surface area (Å²) in [6.45, 7) is -2.82. The van der Waals surface area contributed by atoms with Crippen LogP contribution in [0.2, 0.25) is 0 Å². The van der Waals surface area contributed by atoms with Gasteiger partial charge >= 0.3 is 109 Å². The molecule has 0 rings (SSSR count). The lowest BCUT2D eigenvalue weighted by atomic mass is 9.81. The third-order valence-electron chi connectivity index (χ3n) is 7.08. The van der Waals surface area contributed by atoms with Crippen molar-refractivity contribution in [3.63, 3.8) is 0 Å². The monoisotopic (exact) mass is 1030 g/mol. The molecule has 42 heteroatoms. The molecule has 0 aromatic heterocycles. The maximum atomic E-state index is 14.0. The average Bonchev–Trinajstić information content (AvgIpc) is 2.97. The number of phosphoric acid groups is 1. The molecule has 0 atom stereocenters. The number of phosphoric ester groups is 1. The summed E-state index contributed by atoms with van der Waals surface area (Å²) in [4.78, 5) is 16.3. The van der Waals surface area contributed by atoms with Crippen LogP contribution >= 0.6 is 7.82 Å². The zero-order valence-corrected chi connectivity index (χ0v) is 27.6. The van der Waals surface area contributed by atoms with Crippen LogP contribution in [-0.2, 0) is 9.09 Å². The second-order valence-electron chi connectivity index (χ2n) is 10.9. The number of halogens is 35. The number of alkyl halides is 35. The van der Waals surface area contributed by atoms with Gasteiger partial charge in [-0.15, -0.1) is 0 Å². The van der Waals surface area contributed by atoms with Gasteiger partial charge in [0.05, 0.1) is 6.61 Å². The Balaban J connectivity index is -0.0000168. The molecule has 0 unspecified atom stereocenters.